The van der Waals surface area contributed by atoms with Gasteiger partial charge in [-0.1, -0.05) is 23.8 Å². The van der Waals surface area contributed by atoms with Gasteiger partial charge in [-0.15, -0.1) is 0 Å². The Morgan fingerprint density at radius 2 is 1.75 bits per heavy atom. The van der Waals surface area contributed by atoms with Crippen molar-refractivity contribution in [2.75, 3.05) is 12.4 Å². The van der Waals surface area contributed by atoms with Crippen LogP contribution in [0.25, 0.3) is 6.08 Å². The minimum atomic E-state index is 1.15. The lowest BCUT2D eigenvalue weighted by atomic mass is 10.1. The summed E-state index contributed by atoms with van der Waals surface area (Å²) in [6, 6.07) is 8.38. The highest BCUT2D eigenvalue weighted by molar-refractivity contribution is 5.56. The molecule has 64 valence electrons. The fraction of sp³-hybridized carbons (Fsp3) is 0.273. The van der Waals surface area contributed by atoms with Crippen LogP contribution in [0.5, 0.6) is 0 Å². The molecule has 12 heavy (non-hydrogen) atoms. The maximum absolute atomic E-state index is 3.09. The number of allylic oxidation sites excluding steroid dienone is 1. The van der Waals surface area contributed by atoms with Gasteiger partial charge in [-0.25, -0.2) is 0 Å². The molecule has 0 saturated heterocycles. The normalized spacial score (nSPS) is 9.25. The Labute approximate surface area is 74.1 Å². The van der Waals surface area contributed by atoms with E-state index in [-0.39, 0.29) is 0 Å². The third-order valence-electron chi connectivity index (χ3n) is 1.65. The summed E-state index contributed by atoms with van der Waals surface area (Å²) in [4.78, 5) is 0. The van der Waals surface area contributed by atoms with Gasteiger partial charge in [0, 0.05) is 12.7 Å². The number of benzene rings is 1. The van der Waals surface area contributed by atoms with Crippen molar-refractivity contribution in [3.63, 3.8) is 0 Å². The highest BCUT2D eigenvalue weighted by Crippen LogP contribution is 2.11. The Balaban J connectivity index is 2.85. The Morgan fingerprint density at radius 1 is 1.17 bits per heavy atom. The molecule has 0 aromatic heterocycles. The summed E-state index contributed by atoms with van der Waals surface area (Å²) in [6.45, 7) is 4.21. The first kappa shape index (κ1) is 8.85. The molecule has 0 spiro atoms. The smallest absolute Gasteiger partial charge is 0.0337 e. The predicted octanol–water partition coefficient (Wildman–Crippen LogP) is 3.15. The molecule has 1 nitrogen and oxygen atoms in total. The van der Waals surface area contributed by atoms with E-state index in [2.05, 4.69) is 49.5 Å². The summed E-state index contributed by atoms with van der Waals surface area (Å²) >= 11 is 0. The van der Waals surface area contributed by atoms with E-state index in [9.17, 15) is 0 Å². The maximum atomic E-state index is 3.09. The second-order valence-electron chi connectivity index (χ2n) is 3.09. The molecule has 0 aliphatic carbocycles. The molecule has 1 aromatic rings. The van der Waals surface area contributed by atoms with Crippen molar-refractivity contribution in [3.05, 3.63) is 35.4 Å². The number of nitrogens with one attached hydrogen (secondary N) is 1. The average Bonchev–Trinajstić information content (AvgIpc) is 2.05. The molecule has 0 radical (unpaired) electrons. The molecule has 0 bridgehead atoms. The topological polar surface area (TPSA) is 12.0 Å². The fourth-order valence-corrected chi connectivity index (χ4v) is 1.08. The molecular formula is C11H15N. The average molecular weight is 161 g/mol. The van der Waals surface area contributed by atoms with Crippen LogP contribution in [0.2, 0.25) is 0 Å². The van der Waals surface area contributed by atoms with Gasteiger partial charge in [0.2, 0.25) is 0 Å². The SMILES string of the molecule is CNc1ccc(C=C(C)C)cc1. The predicted molar refractivity (Wildman–Crippen MR) is 55.3 cm³/mol. The van der Waals surface area contributed by atoms with Crippen molar-refractivity contribution in [3.8, 4) is 0 Å². The van der Waals surface area contributed by atoms with Crippen molar-refractivity contribution in [2.45, 2.75) is 13.8 Å². The monoisotopic (exact) mass is 161 g/mol. The van der Waals surface area contributed by atoms with Crippen LogP contribution in [0, 0.1) is 0 Å². The summed E-state index contributed by atoms with van der Waals surface area (Å²) in [5.41, 5.74) is 3.74. The van der Waals surface area contributed by atoms with E-state index >= 15 is 0 Å². The Kier molecular flexibility index (Phi) is 2.92. The molecule has 0 aliphatic rings. The van der Waals surface area contributed by atoms with Crippen LogP contribution < -0.4 is 5.32 Å². The van der Waals surface area contributed by atoms with Crippen LogP contribution >= 0.6 is 0 Å². The van der Waals surface area contributed by atoms with E-state index in [1.807, 2.05) is 7.05 Å². The Bertz CT molecular complexity index is 266. The number of anilines is 1. The fourth-order valence-electron chi connectivity index (χ4n) is 1.08. The highest BCUT2D eigenvalue weighted by atomic mass is 14.8. The summed E-state index contributed by atoms with van der Waals surface area (Å²) in [7, 11) is 1.93. The number of hydrogen-bond donors (Lipinski definition) is 1. The summed E-state index contributed by atoms with van der Waals surface area (Å²) < 4.78 is 0. The third kappa shape index (κ3) is 2.42. The quantitative estimate of drug-likeness (QED) is 0.702. The second-order valence-corrected chi connectivity index (χ2v) is 3.09. The van der Waals surface area contributed by atoms with Crippen molar-refractivity contribution >= 4 is 11.8 Å². The first-order valence-corrected chi connectivity index (χ1v) is 4.15. The maximum Gasteiger partial charge on any atom is 0.0337 e. The van der Waals surface area contributed by atoms with Crippen molar-refractivity contribution in [2.24, 2.45) is 0 Å². The van der Waals surface area contributed by atoms with Crippen LogP contribution in [-0.4, -0.2) is 7.05 Å². The number of rotatable bonds is 2. The molecule has 0 fully saturated rings. The molecule has 0 aliphatic heterocycles. The molecule has 0 heterocycles. The molecule has 0 saturated carbocycles. The summed E-state index contributed by atoms with van der Waals surface area (Å²) in [5.74, 6) is 0. The van der Waals surface area contributed by atoms with Crippen molar-refractivity contribution in [1.29, 1.82) is 0 Å². The van der Waals surface area contributed by atoms with Gasteiger partial charge in [-0.3, -0.25) is 0 Å². The molecule has 1 aromatic carbocycles. The minimum absolute atomic E-state index is 1.15. The second kappa shape index (κ2) is 3.96. The standard InChI is InChI=1S/C11H15N/c1-9(2)8-10-4-6-11(12-3)7-5-10/h4-8,12H,1-3H3. The zero-order chi connectivity index (χ0) is 8.97. The van der Waals surface area contributed by atoms with Gasteiger partial charge in [0.05, 0.1) is 0 Å². The lowest BCUT2D eigenvalue weighted by Gasteiger charge is -1.99. The molecule has 1 N–H and O–H groups in total. The molecule has 1 rings (SSSR count). The molecular weight excluding hydrogens is 146 g/mol. The van der Waals surface area contributed by atoms with Gasteiger partial charge in [-0.05, 0) is 31.5 Å². The minimum Gasteiger partial charge on any atom is -0.388 e. The highest BCUT2D eigenvalue weighted by Gasteiger charge is 1.88. The molecule has 0 atom stereocenters. The Morgan fingerprint density at radius 3 is 2.17 bits per heavy atom. The van der Waals surface area contributed by atoms with Crippen LogP contribution in [0.1, 0.15) is 19.4 Å². The zero-order valence-electron chi connectivity index (χ0n) is 7.89. The first-order valence-electron chi connectivity index (χ1n) is 4.15. The van der Waals surface area contributed by atoms with Gasteiger partial charge in [0.15, 0.2) is 0 Å². The van der Waals surface area contributed by atoms with Crippen LogP contribution in [0.4, 0.5) is 5.69 Å². The van der Waals surface area contributed by atoms with E-state index in [1.54, 1.807) is 0 Å². The lowest BCUT2D eigenvalue weighted by Crippen LogP contribution is -1.86. The van der Waals surface area contributed by atoms with Gasteiger partial charge in [0.25, 0.3) is 0 Å². The third-order valence-corrected chi connectivity index (χ3v) is 1.65. The van der Waals surface area contributed by atoms with Crippen molar-refractivity contribution < 1.29 is 0 Å². The Hall–Kier alpha value is -1.24. The first-order chi connectivity index (χ1) is 5.72. The van der Waals surface area contributed by atoms with Crippen LogP contribution in [0.15, 0.2) is 29.8 Å². The number of hydrogen-bond acceptors (Lipinski definition) is 1. The van der Waals surface area contributed by atoms with E-state index in [1.165, 1.54) is 11.1 Å². The van der Waals surface area contributed by atoms with E-state index in [0.717, 1.165) is 5.69 Å². The lowest BCUT2D eigenvalue weighted by molar-refractivity contribution is 1.42. The molecule has 0 unspecified atom stereocenters. The van der Waals surface area contributed by atoms with Gasteiger partial charge in [-0.2, -0.15) is 0 Å². The van der Waals surface area contributed by atoms with E-state index in [0.29, 0.717) is 0 Å². The van der Waals surface area contributed by atoms with Gasteiger partial charge < -0.3 is 5.32 Å². The van der Waals surface area contributed by atoms with Gasteiger partial charge in [0.1, 0.15) is 0 Å². The van der Waals surface area contributed by atoms with E-state index in [4.69, 9.17) is 0 Å². The van der Waals surface area contributed by atoms with E-state index < -0.39 is 0 Å². The van der Waals surface area contributed by atoms with Crippen molar-refractivity contribution in [1.82, 2.24) is 0 Å². The van der Waals surface area contributed by atoms with Crippen LogP contribution in [-0.2, 0) is 0 Å². The zero-order valence-corrected chi connectivity index (χ0v) is 7.89. The molecule has 0 amide bonds. The summed E-state index contributed by atoms with van der Waals surface area (Å²) in [6.07, 6.45) is 2.17. The largest absolute Gasteiger partial charge is 0.388 e. The van der Waals surface area contributed by atoms with Gasteiger partial charge >= 0.3 is 0 Å². The van der Waals surface area contributed by atoms with Crippen LogP contribution in [0.3, 0.4) is 0 Å². The molecule has 1 heteroatoms. The summed E-state index contributed by atoms with van der Waals surface area (Å²) in [5, 5.41) is 3.09.